The summed E-state index contributed by atoms with van der Waals surface area (Å²) in [5, 5.41) is 21.2. The molecule has 2 heterocycles. The van der Waals surface area contributed by atoms with Gasteiger partial charge in [-0.05, 0) is 48.2 Å². The molecule has 35 heavy (non-hydrogen) atoms. The maximum absolute atomic E-state index is 11.3. The van der Waals surface area contributed by atoms with Gasteiger partial charge in [0.1, 0.15) is 5.75 Å². The predicted octanol–water partition coefficient (Wildman–Crippen LogP) is 3.94. The molecule has 0 radical (unpaired) electrons. The molecule has 1 aromatic heterocycles. The van der Waals surface area contributed by atoms with Crippen LogP contribution in [0, 0.1) is 0 Å². The zero-order chi connectivity index (χ0) is 24.6. The van der Waals surface area contributed by atoms with Crippen LogP contribution in [0.15, 0.2) is 60.8 Å². The molecule has 2 N–H and O–H groups in total. The van der Waals surface area contributed by atoms with Crippen LogP contribution in [0.25, 0.3) is 10.9 Å². The summed E-state index contributed by atoms with van der Waals surface area (Å²) in [4.78, 5) is 20.0. The fraction of sp³-hybridized carbons (Fsp3) is 0.407. The average Bonchev–Trinajstić information content (AvgIpc) is 3.05. The SMILES string of the molecule is COc1ccc2nccc(C(O)CN3CCC(OC(=O)O)N(CCCc4ccccc4)CC3)c2c1. The molecule has 2 atom stereocenters. The van der Waals surface area contributed by atoms with Gasteiger partial charge in [0, 0.05) is 50.7 Å². The number of methoxy groups -OCH3 is 1. The van der Waals surface area contributed by atoms with Gasteiger partial charge in [-0.3, -0.25) is 14.8 Å². The summed E-state index contributed by atoms with van der Waals surface area (Å²) >= 11 is 0. The number of ether oxygens (including phenoxy) is 2. The topological polar surface area (TPSA) is 95.4 Å². The zero-order valence-corrected chi connectivity index (χ0v) is 20.0. The molecule has 1 aliphatic rings. The number of carboxylic acid groups (broad SMARTS) is 1. The first-order valence-electron chi connectivity index (χ1n) is 12.0. The number of nitrogens with zero attached hydrogens (tertiary/aromatic N) is 3. The van der Waals surface area contributed by atoms with Gasteiger partial charge in [-0.1, -0.05) is 30.3 Å². The molecule has 186 valence electrons. The van der Waals surface area contributed by atoms with Crippen molar-refractivity contribution in [3.05, 3.63) is 71.9 Å². The van der Waals surface area contributed by atoms with Crippen molar-refractivity contribution in [2.24, 2.45) is 0 Å². The summed E-state index contributed by atoms with van der Waals surface area (Å²) in [5.41, 5.74) is 2.87. The van der Waals surface area contributed by atoms with Gasteiger partial charge in [0.05, 0.1) is 18.7 Å². The van der Waals surface area contributed by atoms with E-state index in [4.69, 9.17) is 9.47 Å². The van der Waals surface area contributed by atoms with Crippen molar-refractivity contribution in [1.82, 2.24) is 14.8 Å². The first kappa shape index (κ1) is 24.9. The third kappa shape index (κ3) is 6.69. The van der Waals surface area contributed by atoms with E-state index in [-0.39, 0.29) is 0 Å². The number of fused-ring (bicyclic) bond motifs is 1. The van der Waals surface area contributed by atoms with E-state index >= 15 is 0 Å². The highest BCUT2D eigenvalue weighted by Gasteiger charge is 2.28. The van der Waals surface area contributed by atoms with Crippen LogP contribution in [0.5, 0.6) is 5.75 Å². The minimum atomic E-state index is -1.26. The van der Waals surface area contributed by atoms with E-state index in [0.29, 0.717) is 38.3 Å². The van der Waals surface area contributed by atoms with E-state index in [2.05, 4.69) is 26.9 Å². The molecule has 4 rings (SSSR count). The van der Waals surface area contributed by atoms with E-state index in [1.54, 1.807) is 13.3 Å². The summed E-state index contributed by atoms with van der Waals surface area (Å²) in [6.45, 7) is 3.21. The van der Waals surface area contributed by atoms with E-state index in [9.17, 15) is 15.0 Å². The fourth-order valence-corrected chi connectivity index (χ4v) is 4.73. The third-order valence-electron chi connectivity index (χ3n) is 6.57. The molecule has 8 nitrogen and oxygen atoms in total. The highest BCUT2D eigenvalue weighted by molar-refractivity contribution is 5.83. The number of benzene rings is 2. The summed E-state index contributed by atoms with van der Waals surface area (Å²) < 4.78 is 10.6. The van der Waals surface area contributed by atoms with Crippen molar-refractivity contribution in [1.29, 1.82) is 0 Å². The minimum absolute atomic E-state index is 0.438. The van der Waals surface area contributed by atoms with Crippen LogP contribution >= 0.6 is 0 Å². The van der Waals surface area contributed by atoms with Crippen molar-refractivity contribution in [3.8, 4) is 5.75 Å². The van der Waals surface area contributed by atoms with Crippen molar-refractivity contribution in [2.45, 2.75) is 31.6 Å². The Morgan fingerprint density at radius 2 is 1.97 bits per heavy atom. The Bertz CT molecular complexity index is 1110. The van der Waals surface area contributed by atoms with Crippen molar-refractivity contribution < 1.29 is 24.5 Å². The van der Waals surface area contributed by atoms with Gasteiger partial charge in [0.2, 0.25) is 0 Å². The van der Waals surface area contributed by atoms with Crippen molar-refractivity contribution >= 4 is 17.1 Å². The zero-order valence-electron chi connectivity index (χ0n) is 20.0. The summed E-state index contributed by atoms with van der Waals surface area (Å²) in [6.07, 6.45) is 1.65. The van der Waals surface area contributed by atoms with Gasteiger partial charge in [-0.15, -0.1) is 0 Å². The van der Waals surface area contributed by atoms with Gasteiger partial charge in [-0.2, -0.15) is 0 Å². The van der Waals surface area contributed by atoms with Crippen LogP contribution in [0.2, 0.25) is 0 Å². The monoisotopic (exact) mass is 479 g/mol. The summed E-state index contributed by atoms with van der Waals surface area (Å²) in [7, 11) is 1.62. The minimum Gasteiger partial charge on any atom is -0.497 e. The molecular formula is C27H33N3O5. The highest BCUT2D eigenvalue weighted by atomic mass is 16.7. The molecule has 1 fully saturated rings. The second-order valence-corrected chi connectivity index (χ2v) is 8.85. The molecule has 0 bridgehead atoms. The lowest BCUT2D eigenvalue weighted by atomic mass is 10.0. The molecule has 0 spiro atoms. The predicted molar refractivity (Wildman–Crippen MR) is 134 cm³/mol. The quantitative estimate of drug-likeness (QED) is 0.446. The van der Waals surface area contributed by atoms with Gasteiger partial charge in [-0.25, -0.2) is 4.79 Å². The van der Waals surface area contributed by atoms with E-state index < -0.39 is 18.5 Å². The number of hydrogen-bond donors (Lipinski definition) is 2. The number of hydrogen-bond acceptors (Lipinski definition) is 7. The van der Waals surface area contributed by atoms with Gasteiger partial charge >= 0.3 is 6.16 Å². The number of aromatic nitrogens is 1. The lowest BCUT2D eigenvalue weighted by molar-refractivity contribution is -0.0335. The van der Waals surface area contributed by atoms with Crippen LogP contribution in [0.1, 0.15) is 30.1 Å². The van der Waals surface area contributed by atoms with Gasteiger partial charge in [0.15, 0.2) is 6.23 Å². The largest absolute Gasteiger partial charge is 0.507 e. The van der Waals surface area contributed by atoms with Gasteiger partial charge < -0.3 is 19.7 Å². The standard InChI is InChI=1S/C27H33N3O5/c1-34-21-9-10-24-23(18-21)22(11-13-28-24)25(31)19-29-15-12-26(35-27(32)33)30(17-16-29)14-5-8-20-6-3-2-4-7-20/h2-4,6-7,9-11,13,18,25-26,31H,5,8,12,14-17,19H2,1H3,(H,32,33). The Balaban J connectivity index is 1.40. The number of aliphatic hydroxyl groups is 1. The molecular weight excluding hydrogens is 446 g/mol. The Morgan fingerprint density at radius 3 is 2.74 bits per heavy atom. The lowest BCUT2D eigenvalue weighted by Gasteiger charge is -2.28. The smallest absolute Gasteiger partial charge is 0.497 e. The van der Waals surface area contributed by atoms with Crippen molar-refractivity contribution in [3.63, 3.8) is 0 Å². The van der Waals surface area contributed by atoms with Crippen LogP contribution < -0.4 is 4.74 Å². The molecule has 0 aliphatic carbocycles. The number of carbonyl (C=O) groups is 1. The second kappa shape index (κ2) is 12.0. The normalized spacial score (nSPS) is 18.2. The van der Waals surface area contributed by atoms with E-state index in [1.165, 1.54) is 5.56 Å². The number of β-amino-alcohol motifs (C(OH)–C–C–N with tert-alkyl or cyclic N) is 1. The fourth-order valence-electron chi connectivity index (χ4n) is 4.73. The Kier molecular flexibility index (Phi) is 8.52. The van der Waals surface area contributed by atoms with E-state index in [1.807, 2.05) is 42.5 Å². The molecule has 2 aromatic carbocycles. The molecule has 3 aromatic rings. The Hall–Kier alpha value is -3.20. The highest BCUT2D eigenvalue weighted by Crippen LogP contribution is 2.27. The summed E-state index contributed by atoms with van der Waals surface area (Å²) in [6, 6.07) is 17.8. The van der Waals surface area contributed by atoms with Crippen LogP contribution in [-0.2, 0) is 11.2 Å². The average molecular weight is 480 g/mol. The molecule has 0 saturated carbocycles. The lowest BCUT2D eigenvalue weighted by Crippen LogP contribution is -2.40. The number of rotatable bonds is 9. The first-order chi connectivity index (χ1) is 17.0. The summed E-state index contributed by atoms with van der Waals surface area (Å²) in [5.74, 6) is 0.716. The Labute approximate surface area is 205 Å². The van der Waals surface area contributed by atoms with Gasteiger partial charge in [0.25, 0.3) is 0 Å². The molecule has 1 saturated heterocycles. The molecule has 1 aliphatic heterocycles. The molecule has 8 heteroatoms. The first-order valence-corrected chi connectivity index (χ1v) is 12.0. The molecule has 2 unspecified atom stereocenters. The van der Waals surface area contributed by atoms with Crippen LogP contribution in [0.3, 0.4) is 0 Å². The number of aliphatic hydroxyl groups excluding tert-OH is 1. The van der Waals surface area contributed by atoms with Crippen LogP contribution in [0.4, 0.5) is 4.79 Å². The maximum atomic E-state index is 11.3. The second-order valence-electron chi connectivity index (χ2n) is 8.85. The number of pyridine rings is 1. The van der Waals surface area contributed by atoms with Crippen molar-refractivity contribution in [2.75, 3.05) is 39.8 Å². The van der Waals surface area contributed by atoms with E-state index in [0.717, 1.165) is 35.9 Å². The molecule has 0 amide bonds. The Morgan fingerprint density at radius 1 is 1.14 bits per heavy atom. The number of aryl methyl sites for hydroxylation is 1. The maximum Gasteiger partial charge on any atom is 0.507 e. The van der Waals surface area contributed by atoms with Crippen LogP contribution in [-0.4, -0.2) is 77.2 Å². The third-order valence-corrected chi connectivity index (χ3v) is 6.57.